The summed E-state index contributed by atoms with van der Waals surface area (Å²) >= 11 is 5.80. The smallest absolute Gasteiger partial charge is 0.197 e. The first kappa shape index (κ1) is 23.1. The minimum Gasteiger partial charge on any atom is -0.379 e. The van der Waals surface area contributed by atoms with Crippen LogP contribution in [0.4, 0.5) is 5.69 Å². The lowest BCUT2D eigenvalue weighted by Gasteiger charge is -2.46. The van der Waals surface area contributed by atoms with Gasteiger partial charge in [-0.15, -0.1) is 0 Å². The third kappa shape index (κ3) is 5.03. The molecule has 0 saturated carbocycles. The third-order valence-corrected chi connectivity index (χ3v) is 10.4. The fraction of sp³-hybridized carbons (Fsp3) is 0.458. The number of nitrogens with zero attached hydrogens (tertiary/aromatic N) is 2. The average Bonchev–Trinajstić information content (AvgIpc) is 2.73. The fourth-order valence-corrected chi connectivity index (χ4v) is 8.56. The van der Waals surface area contributed by atoms with Gasteiger partial charge in [-0.05, 0) is 35.8 Å². The molecule has 30 heavy (non-hydrogen) atoms. The van der Waals surface area contributed by atoms with Gasteiger partial charge in [-0.2, -0.15) is 0 Å². The molecule has 3 rings (SSSR count). The molecule has 1 saturated heterocycles. The van der Waals surface area contributed by atoms with Gasteiger partial charge >= 0.3 is 0 Å². The average molecular weight is 444 g/mol. The van der Waals surface area contributed by atoms with Crippen molar-refractivity contribution in [2.75, 3.05) is 31.6 Å². The van der Waals surface area contributed by atoms with E-state index in [0.717, 1.165) is 32.0 Å². The van der Waals surface area contributed by atoms with Crippen molar-refractivity contribution < 1.29 is 4.74 Å². The highest BCUT2D eigenvalue weighted by Gasteiger charge is 2.41. The number of nitrogens with one attached hydrogen (secondary N) is 1. The molecule has 162 valence electrons. The van der Waals surface area contributed by atoms with E-state index in [-0.39, 0.29) is 5.16 Å². The van der Waals surface area contributed by atoms with E-state index in [2.05, 4.69) is 99.2 Å². The van der Waals surface area contributed by atoms with Crippen molar-refractivity contribution in [1.82, 2.24) is 4.67 Å². The lowest BCUT2D eigenvalue weighted by molar-refractivity contribution is 0.0738. The van der Waals surface area contributed by atoms with Crippen molar-refractivity contribution in [3.8, 4) is 0 Å². The molecule has 0 spiro atoms. The number of hydrogen-bond acceptors (Lipinski definition) is 2. The molecule has 1 aliphatic rings. The number of anilines is 1. The standard InChI is InChI=1S/C24H34N3OPS/c1-19(2)20-11-13-21(14-12-20)25-23(30)26-29(24(3,4)5,22-9-7-6-8-10-22)27-15-17-28-18-16-27/h6-14,19H,15-18H2,1-5H3,(H,25,30)/t29-/m0/s1. The van der Waals surface area contributed by atoms with Gasteiger partial charge in [-0.25, -0.2) is 4.74 Å². The summed E-state index contributed by atoms with van der Waals surface area (Å²) in [6.45, 7) is 14.5. The Bertz CT molecular complexity index is 898. The summed E-state index contributed by atoms with van der Waals surface area (Å²) in [6, 6.07) is 19.2. The summed E-state index contributed by atoms with van der Waals surface area (Å²) in [6.07, 6.45) is 0. The molecule has 0 radical (unpaired) electrons. The Morgan fingerprint density at radius 1 is 1.03 bits per heavy atom. The van der Waals surface area contributed by atoms with E-state index in [4.69, 9.17) is 21.7 Å². The van der Waals surface area contributed by atoms with Crippen LogP contribution >= 0.6 is 19.4 Å². The van der Waals surface area contributed by atoms with Crippen LogP contribution in [0, 0.1) is 0 Å². The highest BCUT2D eigenvalue weighted by atomic mass is 32.1. The number of hydrogen-bond donors (Lipinski definition) is 1. The van der Waals surface area contributed by atoms with E-state index in [1.807, 2.05) is 0 Å². The zero-order valence-electron chi connectivity index (χ0n) is 18.8. The Morgan fingerprint density at radius 3 is 2.17 bits per heavy atom. The molecule has 0 amide bonds. The van der Waals surface area contributed by atoms with Crippen LogP contribution in [0.3, 0.4) is 0 Å². The zero-order chi connectivity index (χ0) is 21.8. The maximum atomic E-state index is 5.80. The Labute approximate surface area is 187 Å². The fourth-order valence-electron chi connectivity index (χ4n) is 3.96. The van der Waals surface area contributed by atoms with Crippen molar-refractivity contribution in [3.05, 3.63) is 60.2 Å². The second kappa shape index (κ2) is 9.74. The Morgan fingerprint density at radius 2 is 1.63 bits per heavy atom. The molecule has 1 fully saturated rings. The minimum absolute atomic E-state index is 0.0705. The van der Waals surface area contributed by atoms with E-state index < -0.39 is 7.21 Å². The molecule has 0 bridgehead atoms. The van der Waals surface area contributed by atoms with Crippen molar-refractivity contribution in [3.63, 3.8) is 0 Å². The number of benzene rings is 2. The molecule has 2 aromatic rings. The van der Waals surface area contributed by atoms with Crippen LogP contribution in [0.25, 0.3) is 0 Å². The van der Waals surface area contributed by atoms with Gasteiger partial charge in [-0.3, -0.25) is 4.67 Å². The van der Waals surface area contributed by atoms with E-state index in [9.17, 15) is 0 Å². The summed E-state index contributed by atoms with van der Waals surface area (Å²) < 4.78 is 13.5. The van der Waals surface area contributed by atoms with Gasteiger partial charge in [0.05, 0.1) is 20.4 Å². The molecule has 1 N–H and O–H groups in total. The Kier molecular flexibility index (Phi) is 7.52. The van der Waals surface area contributed by atoms with Crippen LogP contribution in [0.2, 0.25) is 0 Å². The van der Waals surface area contributed by atoms with Gasteiger partial charge in [0.2, 0.25) is 0 Å². The first-order chi connectivity index (χ1) is 14.2. The zero-order valence-corrected chi connectivity index (χ0v) is 20.5. The third-order valence-electron chi connectivity index (χ3n) is 5.51. The predicted octanol–water partition coefficient (Wildman–Crippen LogP) is 6.08. The second-order valence-electron chi connectivity index (χ2n) is 8.98. The first-order valence-electron chi connectivity index (χ1n) is 10.7. The van der Waals surface area contributed by atoms with Crippen molar-refractivity contribution >= 4 is 35.5 Å². The maximum absolute atomic E-state index is 5.80. The summed E-state index contributed by atoms with van der Waals surface area (Å²) in [4.78, 5) is 0. The van der Waals surface area contributed by atoms with Gasteiger partial charge in [0, 0.05) is 29.2 Å². The lowest BCUT2D eigenvalue weighted by Crippen LogP contribution is -2.43. The van der Waals surface area contributed by atoms with Crippen LogP contribution in [-0.2, 0) is 4.74 Å². The van der Waals surface area contributed by atoms with Crippen LogP contribution in [0.1, 0.15) is 46.1 Å². The molecule has 0 aromatic heterocycles. The summed E-state index contributed by atoms with van der Waals surface area (Å²) in [7, 11) is -2.15. The van der Waals surface area contributed by atoms with Crippen molar-refractivity contribution in [1.29, 1.82) is 0 Å². The number of ether oxygens (including phenoxy) is 1. The van der Waals surface area contributed by atoms with E-state index in [0.29, 0.717) is 11.0 Å². The Hall–Kier alpha value is -1.52. The number of rotatable bonds is 4. The topological polar surface area (TPSA) is 36.9 Å². The molecule has 6 heteroatoms. The quantitative estimate of drug-likeness (QED) is 0.459. The second-order valence-corrected chi connectivity index (χ2v) is 13.2. The molecule has 0 unspecified atom stereocenters. The van der Waals surface area contributed by atoms with Crippen molar-refractivity contribution in [2.45, 2.75) is 45.7 Å². The molecule has 2 aromatic carbocycles. The number of morpholine rings is 1. The van der Waals surface area contributed by atoms with Gasteiger partial charge < -0.3 is 10.1 Å². The lowest BCUT2D eigenvalue weighted by atomic mass is 10.0. The largest absolute Gasteiger partial charge is 0.379 e. The van der Waals surface area contributed by atoms with Gasteiger partial charge in [-0.1, -0.05) is 77.1 Å². The normalized spacial score (nSPS) is 17.4. The first-order valence-corrected chi connectivity index (χ1v) is 12.8. The van der Waals surface area contributed by atoms with E-state index in [1.165, 1.54) is 10.9 Å². The molecule has 0 aliphatic carbocycles. The highest BCUT2D eigenvalue weighted by Crippen LogP contribution is 2.62. The minimum atomic E-state index is -2.15. The maximum Gasteiger partial charge on any atom is 0.197 e. The van der Waals surface area contributed by atoms with Gasteiger partial charge in [0.15, 0.2) is 5.11 Å². The summed E-state index contributed by atoms with van der Waals surface area (Å²) in [5.41, 5.74) is 2.30. The molecular formula is C24H34N3OPS. The van der Waals surface area contributed by atoms with Gasteiger partial charge in [0.25, 0.3) is 0 Å². The molecule has 1 aliphatic heterocycles. The summed E-state index contributed by atoms with van der Waals surface area (Å²) in [5, 5.41) is 5.12. The monoisotopic (exact) mass is 443 g/mol. The molecule has 1 heterocycles. The Balaban J connectivity index is 2.04. The SMILES string of the molecule is CC(C)c1ccc(NC(=S)N=[P@@](c2ccccc2)(N2CCOCC2)C(C)(C)C)cc1. The number of thiocarbonyl (C=S) groups is 1. The van der Waals surface area contributed by atoms with E-state index in [1.54, 1.807) is 0 Å². The molecule has 4 nitrogen and oxygen atoms in total. The van der Waals surface area contributed by atoms with Crippen LogP contribution in [0.5, 0.6) is 0 Å². The molecular weight excluding hydrogens is 409 g/mol. The predicted molar refractivity (Wildman–Crippen MR) is 134 cm³/mol. The van der Waals surface area contributed by atoms with Crippen LogP contribution in [0.15, 0.2) is 59.3 Å². The van der Waals surface area contributed by atoms with E-state index >= 15 is 0 Å². The summed E-state index contributed by atoms with van der Waals surface area (Å²) in [5.74, 6) is 0.509. The van der Waals surface area contributed by atoms with Gasteiger partial charge in [0.1, 0.15) is 0 Å². The molecule has 1 atom stereocenters. The van der Waals surface area contributed by atoms with Crippen LogP contribution < -0.4 is 10.6 Å². The van der Waals surface area contributed by atoms with Crippen LogP contribution in [-0.4, -0.2) is 41.2 Å². The van der Waals surface area contributed by atoms with Crippen molar-refractivity contribution in [2.24, 2.45) is 4.74 Å². The highest BCUT2D eigenvalue weighted by molar-refractivity contribution is 7.82.